The maximum Gasteiger partial charge on any atom is 0.0406 e. The van der Waals surface area contributed by atoms with E-state index in [2.05, 4.69) is 36.4 Å². The van der Waals surface area contributed by atoms with Crippen LogP contribution in [-0.2, 0) is 6.42 Å². The van der Waals surface area contributed by atoms with Crippen LogP contribution < -0.4 is 0 Å². The Morgan fingerprint density at radius 2 is 1.64 bits per heavy atom. The van der Waals surface area contributed by atoms with Crippen molar-refractivity contribution in [1.29, 1.82) is 0 Å². The molecular weight excluding hydrogens is 288 g/mol. The van der Waals surface area contributed by atoms with Crippen LogP contribution in [0.3, 0.4) is 0 Å². The lowest BCUT2D eigenvalue weighted by Gasteiger charge is -2.22. The maximum absolute atomic E-state index is 6.03. The summed E-state index contributed by atoms with van der Waals surface area (Å²) in [5.74, 6) is 0.819. The average molecular weight is 309 g/mol. The predicted molar refractivity (Wildman–Crippen MR) is 95.1 cm³/mol. The van der Waals surface area contributed by atoms with Gasteiger partial charge < -0.3 is 0 Å². The summed E-state index contributed by atoms with van der Waals surface area (Å²) in [5.41, 5.74) is 7.21. The van der Waals surface area contributed by atoms with E-state index in [0.29, 0.717) is 0 Å². The minimum atomic E-state index is 0.801. The van der Waals surface area contributed by atoms with Crippen molar-refractivity contribution in [1.82, 2.24) is 0 Å². The summed E-state index contributed by atoms with van der Waals surface area (Å²) in [6.07, 6.45) is 10.6. The molecule has 2 aliphatic rings. The van der Waals surface area contributed by atoms with Gasteiger partial charge in [0.05, 0.1) is 0 Å². The number of halogens is 1. The summed E-state index contributed by atoms with van der Waals surface area (Å²) in [6, 6.07) is 15.0. The Morgan fingerprint density at radius 3 is 2.41 bits per heavy atom. The molecule has 4 rings (SSSR count). The molecule has 0 unspecified atom stereocenters. The molecular formula is C21H21Cl. The molecule has 0 heterocycles. The summed E-state index contributed by atoms with van der Waals surface area (Å²) >= 11 is 6.03. The quantitative estimate of drug-likeness (QED) is 0.592. The van der Waals surface area contributed by atoms with Crippen LogP contribution in [0.5, 0.6) is 0 Å². The molecule has 112 valence electrons. The molecule has 0 radical (unpaired) electrons. The third kappa shape index (κ3) is 2.61. The van der Waals surface area contributed by atoms with Gasteiger partial charge >= 0.3 is 0 Å². The number of hydrogen-bond donors (Lipinski definition) is 0. The summed E-state index contributed by atoms with van der Waals surface area (Å²) < 4.78 is 0. The van der Waals surface area contributed by atoms with Gasteiger partial charge in [-0.15, -0.1) is 0 Å². The molecule has 0 nitrogen and oxygen atoms in total. The Balaban J connectivity index is 1.71. The van der Waals surface area contributed by atoms with Crippen LogP contribution >= 0.6 is 11.6 Å². The van der Waals surface area contributed by atoms with E-state index in [1.165, 1.54) is 54.4 Å². The highest BCUT2D eigenvalue weighted by atomic mass is 35.5. The molecule has 0 bridgehead atoms. The number of benzene rings is 2. The Bertz CT molecular complexity index is 703. The van der Waals surface area contributed by atoms with E-state index in [9.17, 15) is 0 Å². The topological polar surface area (TPSA) is 0 Å². The molecule has 0 N–H and O–H groups in total. The van der Waals surface area contributed by atoms with Crippen molar-refractivity contribution in [2.75, 3.05) is 0 Å². The minimum absolute atomic E-state index is 0.801. The fraction of sp³-hybridized carbons (Fsp3) is 0.333. The minimum Gasteiger partial charge on any atom is -0.0843 e. The predicted octanol–water partition coefficient (Wildman–Crippen LogP) is 6.53. The van der Waals surface area contributed by atoms with Crippen LogP contribution in [0.2, 0.25) is 5.02 Å². The first-order chi connectivity index (χ1) is 10.8. The van der Waals surface area contributed by atoms with Gasteiger partial charge in [-0.2, -0.15) is 0 Å². The SMILES string of the molecule is Clc1ccc(-c2cccc3c2C=C(C2CCCCC2)C3)cc1. The number of fused-ring (bicyclic) bond motifs is 1. The van der Waals surface area contributed by atoms with Gasteiger partial charge in [-0.05, 0) is 59.6 Å². The van der Waals surface area contributed by atoms with Crippen molar-refractivity contribution in [3.8, 4) is 11.1 Å². The van der Waals surface area contributed by atoms with Crippen LogP contribution in [0.1, 0.15) is 43.2 Å². The first-order valence-corrected chi connectivity index (χ1v) is 8.77. The molecule has 0 amide bonds. The Kier molecular flexibility index (Phi) is 3.80. The molecule has 2 aliphatic carbocycles. The van der Waals surface area contributed by atoms with Crippen LogP contribution in [0.25, 0.3) is 17.2 Å². The molecule has 0 aliphatic heterocycles. The highest BCUT2D eigenvalue weighted by Crippen LogP contribution is 2.40. The van der Waals surface area contributed by atoms with Crippen molar-refractivity contribution in [3.63, 3.8) is 0 Å². The van der Waals surface area contributed by atoms with Crippen LogP contribution in [0.15, 0.2) is 48.0 Å². The first-order valence-electron chi connectivity index (χ1n) is 8.39. The lowest BCUT2D eigenvalue weighted by atomic mass is 9.83. The lowest BCUT2D eigenvalue weighted by Crippen LogP contribution is -2.08. The van der Waals surface area contributed by atoms with Gasteiger partial charge in [-0.3, -0.25) is 0 Å². The largest absolute Gasteiger partial charge is 0.0843 e. The molecule has 2 aromatic rings. The number of allylic oxidation sites excluding steroid dienone is 1. The average Bonchev–Trinajstić information content (AvgIpc) is 3.01. The van der Waals surface area contributed by atoms with Gasteiger partial charge in [0.15, 0.2) is 0 Å². The summed E-state index contributed by atoms with van der Waals surface area (Å²) in [7, 11) is 0. The fourth-order valence-corrected chi connectivity index (χ4v) is 4.14. The van der Waals surface area contributed by atoms with Gasteiger partial charge in [-0.1, -0.05) is 72.8 Å². The van der Waals surface area contributed by atoms with E-state index >= 15 is 0 Å². The molecule has 0 spiro atoms. The third-order valence-corrected chi connectivity index (χ3v) is 5.46. The van der Waals surface area contributed by atoms with Gasteiger partial charge in [-0.25, -0.2) is 0 Å². The van der Waals surface area contributed by atoms with Gasteiger partial charge in [0, 0.05) is 5.02 Å². The number of hydrogen-bond acceptors (Lipinski definition) is 0. The molecule has 22 heavy (non-hydrogen) atoms. The van der Waals surface area contributed by atoms with Crippen molar-refractivity contribution in [2.45, 2.75) is 38.5 Å². The van der Waals surface area contributed by atoms with Crippen molar-refractivity contribution < 1.29 is 0 Å². The van der Waals surface area contributed by atoms with Crippen molar-refractivity contribution in [2.24, 2.45) is 5.92 Å². The summed E-state index contributed by atoms with van der Waals surface area (Å²) in [6.45, 7) is 0. The second-order valence-electron chi connectivity index (χ2n) is 6.62. The highest BCUT2D eigenvalue weighted by Gasteiger charge is 2.23. The smallest absolute Gasteiger partial charge is 0.0406 e. The zero-order valence-corrected chi connectivity index (χ0v) is 13.6. The monoisotopic (exact) mass is 308 g/mol. The molecule has 1 heteroatoms. The normalized spacial score (nSPS) is 18.1. The third-order valence-electron chi connectivity index (χ3n) is 5.21. The van der Waals surface area contributed by atoms with E-state index in [1.54, 1.807) is 5.57 Å². The Labute approximate surface area is 137 Å². The van der Waals surface area contributed by atoms with Gasteiger partial charge in [0.2, 0.25) is 0 Å². The molecule has 0 aromatic heterocycles. The van der Waals surface area contributed by atoms with E-state index in [-0.39, 0.29) is 0 Å². The summed E-state index contributed by atoms with van der Waals surface area (Å²) in [4.78, 5) is 0. The van der Waals surface area contributed by atoms with E-state index in [1.807, 2.05) is 12.1 Å². The van der Waals surface area contributed by atoms with Gasteiger partial charge in [0.1, 0.15) is 0 Å². The van der Waals surface area contributed by atoms with Crippen molar-refractivity contribution in [3.05, 3.63) is 64.2 Å². The van der Waals surface area contributed by atoms with Crippen LogP contribution in [-0.4, -0.2) is 0 Å². The fourth-order valence-electron chi connectivity index (χ4n) is 4.01. The second-order valence-corrected chi connectivity index (χ2v) is 7.05. The zero-order valence-electron chi connectivity index (χ0n) is 12.8. The molecule has 0 saturated heterocycles. The zero-order chi connectivity index (χ0) is 14.9. The molecule has 2 aromatic carbocycles. The van der Waals surface area contributed by atoms with Gasteiger partial charge in [0.25, 0.3) is 0 Å². The lowest BCUT2D eigenvalue weighted by molar-refractivity contribution is 0.401. The maximum atomic E-state index is 6.03. The summed E-state index contributed by atoms with van der Waals surface area (Å²) in [5, 5.41) is 0.801. The number of rotatable bonds is 2. The highest BCUT2D eigenvalue weighted by molar-refractivity contribution is 6.30. The van der Waals surface area contributed by atoms with Crippen molar-refractivity contribution >= 4 is 17.7 Å². The Morgan fingerprint density at radius 1 is 0.864 bits per heavy atom. The van der Waals surface area contributed by atoms with E-state index < -0.39 is 0 Å². The van der Waals surface area contributed by atoms with Crippen LogP contribution in [0, 0.1) is 5.92 Å². The molecule has 1 fully saturated rings. The second kappa shape index (κ2) is 5.93. The Hall–Kier alpha value is -1.53. The standard InChI is InChI=1S/C21H21Cl/c22-19-11-9-16(10-12-19)20-8-4-7-17-13-18(14-21(17)20)15-5-2-1-3-6-15/h4,7-12,14-15H,1-3,5-6,13H2. The van der Waals surface area contributed by atoms with E-state index in [0.717, 1.165) is 17.4 Å². The first kappa shape index (κ1) is 14.1. The molecule has 1 saturated carbocycles. The van der Waals surface area contributed by atoms with E-state index in [4.69, 9.17) is 11.6 Å². The molecule has 0 atom stereocenters. The van der Waals surface area contributed by atoms with Crippen LogP contribution in [0.4, 0.5) is 0 Å².